The number of carbonyl (C=O) groups excluding carboxylic acids is 2. The predicted octanol–water partition coefficient (Wildman–Crippen LogP) is 5.38. The highest BCUT2D eigenvalue weighted by molar-refractivity contribution is 7.20. The lowest BCUT2D eigenvalue weighted by Crippen LogP contribution is -2.21. The Morgan fingerprint density at radius 1 is 1.16 bits per heavy atom. The van der Waals surface area contributed by atoms with Crippen LogP contribution in [-0.4, -0.2) is 24.6 Å². The summed E-state index contributed by atoms with van der Waals surface area (Å²) in [6.45, 7) is 3.87. The van der Waals surface area contributed by atoms with Crippen molar-refractivity contribution in [2.24, 2.45) is 0 Å². The molecule has 0 unspecified atom stereocenters. The van der Waals surface area contributed by atoms with Crippen LogP contribution in [0.5, 0.6) is 0 Å². The number of halogens is 1. The zero-order valence-electron chi connectivity index (χ0n) is 17.0. The minimum Gasteiger partial charge on any atom is -0.482 e. The van der Waals surface area contributed by atoms with Gasteiger partial charge < -0.3 is 14.8 Å². The zero-order valence-corrected chi connectivity index (χ0v) is 17.9. The molecule has 2 aliphatic heterocycles. The summed E-state index contributed by atoms with van der Waals surface area (Å²) in [5.41, 5.74) is 2.60. The molecule has 156 valence electrons. The maximum Gasteiger partial charge on any atom is 0.348 e. The van der Waals surface area contributed by atoms with E-state index in [1.165, 1.54) is 30.6 Å². The van der Waals surface area contributed by atoms with E-state index in [-0.39, 0.29) is 11.9 Å². The Kier molecular flexibility index (Phi) is 4.27. The molecule has 3 heterocycles. The number of thiophene rings is 1. The van der Waals surface area contributed by atoms with E-state index in [1.807, 2.05) is 44.2 Å². The normalized spacial score (nSPS) is 19.1. The first kappa shape index (κ1) is 19.5. The highest BCUT2D eigenvalue weighted by atomic mass is 32.1. The van der Waals surface area contributed by atoms with Gasteiger partial charge in [0.2, 0.25) is 0 Å². The third-order valence-electron chi connectivity index (χ3n) is 5.48. The van der Waals surface area contributed by atoms with Crippen LogP contribution in [0.3, 0.4) is 0 Å². The van der Waals surface area contributed by atoms with Crippen LogP contribution in [0.2, 0.25) is 0 Å². The molecule has 31 heavy (non-hydrogen) atoms. The molecule has 0 atom stereocenters. The average molecular weight is 435 g/mol. The molecule has 0 saturated carbocycles. The number of ether oxygens (including phenoxy) is 2. The Bertz CT molecular complexity index is 1350. The summed E-state index contributed by atoms with van der Waals surface area (Å²) in [5, 5.41) is 3.63. The molecular weight excluding hydrogens is 417 g/mol. The van der Waals surface area contributed by atoms with Crippen molar-refractivity contribution >= 4 is 50.1 Å². The standard InChI is InChI=1S/C24H18FNO4S/c1-24(2)16(12-4-7-19-13(8-12)9-20(31-19)23(28)29-3)11-18(30-24)21-15-6-5-14(25)10-17(15)26-22(21)27/h4-11H,1-3H3,(H,26,27). The number of nitrogens with one attached hydrogen (secondary N) is 1. The van der Waals surface area contributed by atoms with E-state index in [0.29, 0.717) is 27.5 Å². The molecule has 5 nitrogen and oxygen atoms in total. The smallest absolute Gasteiger partial charge is 0.348 e. The van der Waals surface area contributed by atoms with Crippen LogP contribution in [-0.2, 0) is 14.3 Å². The van der Waals surface area contributed by atoms with Gasteiger partial charge in [-0.05, 0) is 67.3 Å². The van der Waals surface area contributed by atoms with Crippen molar-refractivity contribution in [3.8, 4) is 0 Å². The number of amides is 1. The number of rotatable bonds is 2. The van der Waals surface area contributed by atoms with E-state index in [2.05, 4.69) is 5.32 Å². The largest absolute Gasteiger partial charge is 0.482 e. The highest BCUT2D eigenvalue weighted by Crippen LogP contribution is 2.45. The molecular formula is C24H18FNO4S. The van der Waals surface area contributed by atoms with Gasteiger partial charge in [0.05, 0.1) is 18.4 Å². The maximum atomic E-state index is 13.6. The van der Waals surface area contributed by atoms with Crippen molar-refractivity contribution < 1.29 is 23.5 Å². The maximum absolute atomic E-state index is 13.6. The van der Waals surface area contributed by atoms with Crippen LogP contribution in [0.15, 0.2) is 54.3 Å². The number of carbonyl (C=O) groups is 2. The Balaban J connectivity index is 1.62. The first-order chi connectivity index (χ1) is 14.8. The number of hydrogen-bond acceptors (Lipinski definition) is 5. The lowest BCUT2D eigenvalue weighted by molar-refractivity contribution is -0.111. The SMILES string of the molecule is COC(=O)c1cc2cc(C3=CC(=C4C(=O)Nc5cc(F)ccc54)OC3(C)C)ccc2s1. The van der Waals surface area contributed by atoms with Crippen molar-refractivity contribution in [1.82, 2.24) is 0 Å². The second kappa shape index (κ2) is 6.78. The van der Waals surface area contributed by atoms with Crippen LogP contribution >= 0.6 is 11.3 Å². The molecule has 0 saturated heterocycles. The molecule has 0 radical (unpaired) electrons. The second-order valence-corrected chi connectivity index (χ2v) is 8.99. The van der Waals surface area contributed by atoms with E-state index in [1.54, 1.807) is 6.07 Å². The van der Waals surface area contributed by atoms with Gasteiger partial charge in [-0.3, -0.25) is 4.79 Å². The van der Waals surface area contributed by atoms with Gasteiger partial charge in [0.25, 0.3) is 5.91 Å². The van der Waals surface area contributed by atoms with Crippen LogP contribution in [0.4, 0.5) is 10.1 Å². The quantitative estimate of drug-likeness (QED) is 0.433. The minimum absolute atomic E-state index is 0.320. The fourth-order valence-electron chi connectivity index (χ4n) is 4.02. The van der Waals surface area contributed by atoms with Crippen LogP contribution in [0.25, 0.3) is 21.2 Å². The number of fused-ring (bicyclic) bond motifs is 2. The van der Waals surface area contributed by atoms with Crippen LogP contribution < -0.4 is 5.32 Å². The summed E-state index contributed by atoms with van der Waals surface area (Å²) >= 11 is 1.38. The minimum atomic E-state index is -0.680. The van der Waals surface area contributed by atoms with Gasteiger partial charge in [0.15, 0.2) is 0 Å². The number of anilines is 1. The highest BCUT2D eigenvalue weighted by Gasteiger charge is 2.38. The number of benzene rings is 2. The van der Waals surface area contributed by atoms with Crippen molar-refractivity contribution in [2.75, 3.05) is 12.4 Å². The fourth-order valence-corrected chi connectivity index (χ4v) is 4.98. The van der Waals surface area contributed by atoms with Gasteiger partial charge >= 0.3 is 5.97 Å². The van der Waals surface area contributed by atoms with Crippen molar-refractivity contribution in [3.05, 3.63) is 76.1 Å². The van der Waals surface area contributed by atoms with Gasteiger partial charge in [-0.15, -0.1) is 11.3 Å². The Morgan fingerprint density at radius 2 is 1.97 bits per heavy atom. The van der Waals surface area contributed by atoms with E-state index in [9.17, 15) is 14.0 Å². The molecule has 2 aromatic carbocycles. The van der Waals surface area contributed by atoms with Gasteiger partial charge in [-0.25, -0.2) is 9.18 Å². The first-order valence-corrected chi connectivity index (χ1v) is 10.5. The molecule has 0 spiro atoms. The summed E-state index contributed by atoms with van der Waals surface area (Å²) in [5.74, 6) is -0.645. The summed E-state index contributed by atoms with van der Waals surface area (Å²) in [4.78, 5) is 25.0. The van der Waals surface area contributed by atoms with E-state index >= 15 is 0 Å². The molecule has 1 amide bonds. The average Bonchev–Trinajstić information content (AvgIpc) is 3.38. The first-order valence-electron chi connectivity index (χ1n) is 9.66. The van der Waals surface area contributed by atoms with Gasteiger partial charge in [0.1, 0.15) is 22.1 Å². The summed E-state index contributed by atoms with van der Waals surface area (Å²) in [6.07, 6.45) is 1.86. The predicted molar refractivity (Wildman–Crippen MR) is 118 cm³/mol. The molecule has 7 heteroatoms. The van der Waals surface area contributed by atoms with Crippen molar-refractivity contribution in [1.29, 1.82) is 0 Å². The van der Waals surface area contributed by atoms with Crippen LogP contribution in [0, 0.1) is 5.82 Å². The second-order valence-electron chi connectivity index (χ2n) is 7.91. The number of methoxy groups -OCH3 is 1. The van der Waals surface area contributed by atoms with E-state index in [4.69, 9.17) is 9.47 Å². The summed E-state index contributed by atoms with van der Waals surface area (Å²) in [6, 6.07) is 12.0. The molecule has 0 bridgehead atoms. The zero-order chi connectivity index (χ0) is 21.9. The topological polar surface area (TPSA) is 64.6 Å². The van der Waals surface area contributed by atoms with Crippen molar-refractivity contribution in [2.45, 2.75) is 19.4 Å². The molecule has 0 aliphatic carbocycles. The Hall–Kier alpha value is -3.45. The third-order valence-corrected chi connectivity index (χ3v) is 6.57. The molecule has 1 N–H and O–H groups in total. The Morgan fingerprint density at radius 3 is 2.74 bits per heavy atom. The summed E-state index contributed by atoms with van der Waals surface area (Å²) in [7, 11) is 1.36. The lowest BCUT2D eigenvalue weighted by atomic mass is 9.91. The molecule has 5 rings (SSSR count). The fraction of sp³-hybridized carbons (Fsp3) is 0.167. The number of esters is 1. The van der Waals surface area contributed by atoms with Crippen molar-refractivity contribution in [3.63, 3.8) is 0 Å². The van der Waals surface area contributed by atoms with E-state index in [0.717, 1.165) is 21.2 Å². The molecule has 2 aliphatic rings. The lowest BCUT2D eigenvalue weighted by Gasteiger charge is -2.23. The number of hydrogen-bond donors (Lipinski definition) is 1. The monoisotopic (exact) mass is 435 g/mol. The molecule has 0 fully saturated rings. The Labute approximate surface area is 181 Å². The third kappa shape index (κ3) is 3.13. The van der Waals surface area contributed by atoms with Gasteiger partial charge in [-0.2, -0.15) is 0 Å². The molecule has 3 aromatic rings. The van der Waals surface area contributed by atoms with E-state index < -0.39 is 11.4 Å². The molecule has 1 aromatic heterocycles. The van der Waals surface area contributed by atoms with Gasteiger partial charge in [0, 0.05) is 15.8 Å². The van der Waals surface area contributed by atoms with Crippen LogP contribution in [0.1, 0.15) is 34.6 Å². The number of allylic oxidation sites excluding steroid dienone is 1. The summed E-state index contributed by atoms with van der Waals surface area (Å²) < 4.78 is 25.6. The van der Waals surface area contributed by atoms with Gasteiger partial charge in [-0.1, -0.05) is 6.07 Å².